The van der Waals surface area contributed by atoms with E-state index in [1.165, 1.54) is 30.1 Å². The third kappa shape index (κ3) is 4.54. The van der Waals surface area contributed by atoms with Gasteiger partial charge in [-0.15, -0.1) is 0 Å². The number of likely N-dealkylation sites (tertiary alicyclic amines) is 1. The first-order valence-corrected chi connectivity index (χ1v) is 8.41. The fourth-order valence-corrected chi connectivity index (χ4v) is 4.11. The van der Waals surface area contributed by atoms with Crippen LogP contribution in [0.15, 0.2) is 4.99 Å². The highest BCUT2D eigenvalue weighted by atomic mass is 32.2. The molecule has 2 rings (SSSR count). The number of thioether (sulfide) groups is 2. The molecule has 0 atom stereocenters. The van der Waals surface area contributed by atoms with Gasteiger partial charge in [-0.1, -0.05) is 36.4 Å². The molecule has 2 heterocycles. The van der Waals surface area contributed by atoms with E-state index in [4.69, 9.17) is 0 Å². The molecule has 96 valence electrons. The molecule has 0 radical (unpaired) electrons. The summed E-state index contributed by atoms with van der Waals surface area (Å²) in [6.45, 7) is 2.89. The van der Waals surface area contributed by atoms with Crippen LogP contribution in [0.2, 0.25) is 0 Å². The maximum atomic E-state index is 12.0. The van der Waals surface area contributed by atoms with Gasteiger partial charge in [-0.25, -0.2) is 0 Å². The normalized spacial score (nSPS) is 21.2. The number of carbonyl (C=O) groups is 1. The molecule has 0 aliphatic carbocycles. The molecule has 5 heteroatoms. The molecule has 0 aromatic rings. The van der Waals surface area contributed by atoms with E-state index in [1.54, 1.807) is 11.8 Å². The van der Waals surface area contributed by atoms with E-state index in [0.29, 0.717) is 12.3 Å². The van der Waals surface area contributed by atoms with Gasteiger partial charge >= 0.3 is 0 Å². The van der Waals surface area contributed by atoms with Gasteiger partial charge in [0.15, 0.2) is 0 Å². The molecule has 0 unspecified atom stereocenters. The SMILES string of the molecule is O=C(CCSC1=NCCS1)N1CCCCCC1. The zero-order valence-corrected chi connectivity index (χ0v) is 11.8. The van der Waals surface area contributed by atoms with Gasteiger partial charge in [0.1, 0.15) is 4.38 Å². The summed E-state index contributed by atoms with van der Waals surface area (Å²) in [7, 11) is 0. The molecule has 0 aromatic carbocycles. The second-order valence-electron chi connectivity index (χ2n) is 4.39. The first-order valence-electron chi connectivity index (χ1n) is 6.44. The van der Waals surface area contributed by atoms with E-state index >= 15 is 0 Å². The fraction of sp³-hybridized carbons (Fsp3) is 0.833. The first-order chi connectivity index (χ1) is 8.36. The number of nitrogens with zero attached hydrogens (tertiary/aromatic N) is 2. The van der Waals surface area contributed by atoms with Crippen LogP contribution in [0.25, 0.3) is 0 Å². The number of hydrogen-bond acceptors (Lipinski definition) is 4. The smallest absolute Gasteiger partial charge is 0.223 e. The molecule has 1 fully saturated rings. The Kier molecular flexibility index (Phi) is 5.71. The standard InChI is InChI=1S/C12H20N2OS2/c15-11(14-7-3-1-2-4-8-14)5-9-16-12-13-6-10-17-12/h1-10H2. The average molecular weight is 272 g/mol. The molecule has 0 bridgehead atoms. The van der Waals surface area contributed by atoms with Gasteiger partial charge in [0, 0.05) is 31.0 Å². The van der Waals surface area contributed by atoms with Crippen molar-refractivity contribution in [1.82, 2.24) is 4.90 Å². The molecule has 2 aliphatic heterocycles. The van der Waals surface area contributed by atoms with Gasteiger partial charge in [-0.3, -0.25) is 9.79 Å². The van der Waals surface area contributed by atoms with E-state index in [1.807, 2.05) is 11.8 Å². The van der Waals surface area contributed by atoms with Crippen LogP contribution in [-0.2, 0) is 4.79 Å². The Morgan fingerprint density at radius 2 is 2.06 bits per heavy atom. The molecule has 0 saturated carbocycles. The third-order valence-corrected chi connectivity index (χ3v) is 5.31. The topological polar surface area (TPSA) is 32.7 Å². The van der Waals surface area contributed by atoms with E-state index in [2.05, 4.69) is 9.89 Å². The summed E-state index contributed by atoms with van der Waals surface area (Å²) in [5.74, 6) is 2.34. The minimum Gasteiger partial charge on any atom is -0.343 e. The van der Waals surface area contributed by atoms with Gasteiger partial charge < -0.3 is 4.90 Å². The highest BCUT2D eigenvalue weighted by molar-refractivity contribution is 8.39. The Balaban J connectivity index is 1.65. The van der Waals surface area contributed by atoms with Crippen molar-refractivity contribution in [2.24, 2.45) is 4.99 Å². The first kappa shape index (κ1) is 13.3. The number of aliphatic imine (C=N–C) groups is 1. The summed E-state index contributed by atoms with van der Waals surface area (Å²) in [6, 6.07) is 0. The zero-order chi connectivity index (χ0) is 11.9. The highest BCUT2D eigenvalue weighted by Crippen LogP contribution is 2.22. The Labute approximate surface area is 112 Å². The monoisotopic (exact) mass is 272 g/mol. The van der Waals surface area contributed by atoms with Gasteiger partial charge in [0.25, 0.3) is 0 Å². The Morgan fingerprint density at radius 3 is 2.71 bits per heavy atom. The molecule has 17 heavy (non-hydrogen) atoms. The van der Waals surface area contributed by atoms with Gasteiger partial charge in [0.05, 0.1) is 6.54 Å². The number of hydrogen-bond donors (Lipinski definition) is 0. The molecule has 0 aromatic heterocycles. The minimum absolute atomic E-state index is 0.336. The largest absolute Gasteiger partial charge is 0.343 e. The van der Waals surface area contributed by atoms with Crippen molar-refractivity contribution in [2.45, 2.75) is 32.1 Å². The lowest BCUT2D eigenvalue weighted by atomic mass is 10.2. The van der Waals surface area contributed by atoms with Crippen LogP contribution >= 0.6 is 23.5 Å². The highest BCUT2D eigenvalue weighted by Gasteiger charge is 2.15. The zero-order valence-electron chi connectivity index (χ0n) is 10.2. The molecule has 0 spiro atoms. The molecule has 0 N–H and O–H groups in total. The van der Waals surface area contributed by atoms with Crippen LogP contribution in [0, 0.1) is 0 Å². The van der Waals surface area contributed by atoms with Crippen LogP contribution in [-0.4, -0.2) is 46.3 Å². The molecule has 1 saturated heterocycles. The van der Waals surface area contributed by atoms with Crippen LogP contribution in [0.1, 0.15) is 32.1 Å². The van der Waals surface area contributed by atoms with Gasteiger partial charge in [0.2, 0.25) is 5.91 Å². The van der Waals surface area contributed by atoms with Crippen LogP contribution < -0.4 is 0 Å². The lowest BCUT2D eigenvalue weighted by molar-refractivity contribution is -0.130. The maximum Gasteiger partial charge on any atom is 0.223 e. The Morgan fingerprint density at radius 1 is 1.29 bits per heavy atom. The van der Waals surface area contributed by atoms with Crippen LogP contribution in [0.3, 0.4) is 0 Å². The van der Waals surface area contributed by atoms with Crippen molar-refractivity contribution >= 4 is 33.8 Å². The van der Waals surface area contributed by atoms with Crippen molar-refractivity contribution < 1.29 is 4.79 Å². The van der Waals surface area contributed by atoms with Gasteiger partial charge in [-0.2, -0.15) is 0 Å². The lowest BCUT2D eigenvalue weighted by Gasteiger charge is -2.19. The predicted molar refractivity (Wildman–Crippen MR) is 76.9 cm³/mol. The summed E-state index contributed by atoms with van der Waals surface area (Å²) in [6.07, 6.45) is 5.60. The number of amides is 1. The predicted octanol–water partition coefficient (Wildman–Crippen LogP) is 2.62. The fourth-order valence-electron chi connectivity index (χ4n) is 2.11. The lowest BCUT2D eigenvalue weighted by Crippen LogP contribution is -2.32. The molecule has 3 nitrogen and oxygen atoms in total. The van der Waals surface area contributed by atoms with Crippen molar-refractivity contribution in [3.05, 3.63) is 0 Å². The quantitative estimate of drug-likeness (QED) is 0.791. The summed E-state index contributed by atoms with van der Waals surface area (Å²) in [4.78, 5) is 18.4. The number of rotatable bonds is 3. The van der Waals surface area contributed by atoms with Crippen LogP contribution in [0.5, 0.6) is 0 Å². The summed E-state index contributed by atoms with van der Waals surface area (Å²) < 4.78 is 1.17. The van der Waals surface area contributed by atoms with Crippen molar-refractivity contribution in [3.63, 3.8) is 0 Å². The summed E-state index contributed by atoms with van der Waals surface area (Å²) >= 11 is 3.57. The van der Waals surface area contributed by atoms with Gasteiger partial charge in [-0.05, 0) is 12.8 Å². The molecular weight excluding hydrogens is 252 g/mol. The Hall–Kier alpha value is -0.160. The second kappa shape index (κ2) is 7.31. The van der Waals surface area contributed by atoms with Crippen LogP contribution in [0.4, 0.5) is 0 Å². The van der Waals surface area contributed by atoms with Crippen molar-refractivity contribution in [3.8, 4) is 0 Å². The van der Waals surface area contributed by atoms with E-state index < -0.39 is 0 Å². The Bertz CT molecular complexity index is 286. The van der Waals surface area contributed by atoms with Crippen molar-refractivity contribution in [2.75, 3.05) is 31.1 Å². The second-order valence-corrected chi connectivity index (χ2v) is 6.82. The molecular formula is C12H20N2OS2. The molecule has 2 aliphatic rings. The summed E-state index contributed by atoms with van der Waals surface area (Å²) in [5, 5.41) is 0. The minimum atomic E-state index is 0.336. The van der Waals surface area contributed by atoms with E-state index in [-0.39, 0.29) is 0 Å². The van der Waals surface area contributed by atoms with Crippen molar-refractivity contribution in [1.29, 1.82) is 0 Å². The number of carbonyl (C=O) groups excluding carboxylic acids is 1. The summed E-state index contributed by atoms with van der Waals surface area (Å²) in [5.41, 5.74) is 0. The van der Waals surface area contributed by atoms with E-state index in [0.717, 1.165) is 31.1 Å². The maximum absolute atomic E-state index is 12.0. The van der Waals surface area contributed by atoms with E-state index in [9.17, 15) is 4.79 Å². The molecule has 1 amide bonds. The third-order valence-electron chi connectivity index (χ3n) is 3.06. The average Bonchev–Trinajstić information content (AvgIpc) is 2.69.